The van der Waals surface area contributed by atoms with E-state index in [9.17, 15) is 4.79 Å². The molecule has 1 aliphatic carbocycles. The number of carbonyl (C=O) groups is 1. The standard InChI is InChI=1S/C17H26N6O2S/c1-11-21-15-16(19-10-20-17(15)26-11)22-13-6-12(7-13)8-18-14(24)9-25-5-4-23(2)3/h10,12-13H,4-9H2,1-3H3,(H,18,24)(H,19,20,22). The smallest absolute Gasteiger partial charge is 0.246 e. The Morgan fingerprint density at radius 2 is 2.19 bits per heavy atom. The first kappa shape index (κ1) is 18.9. The van der Waals surface area contributed by atoms with Crippen LogP contribution in [0.3, 0.4) is 0 Å². The zero-order chi connectivity index (χ0) is 18.5. The van der Waals surface area contributed by atoms with E-state index in [1.807, 2.05) is 25.9 Å². The van der Waals surface area contributed by atoms with Crippen molar-refractivity contribution >= 4 is 33.4 Å². The monoisotopic (exact) mass is 378 g/mol. The molecule has 1 amide bonds. The fourth-order valence-electron chi connectivity index (χ4n) is 2.90. The molecule has 142 valence electrons. The largest absolute Gasteiger partial charge is 0.370 e. The van der Waals surface area contributed by atoms with Crippen molar-refractivity contribution in [3.05, 3.63) is 11.3 Å². The molecule has 8 nitrogen and oxygen atoms in total. The summed E-state index contributed by atoms with van der Waals surface area (Å²) in [6.07, 6.45) is 3.60. The van der Waals surface area contributed by atoms with Crippen LogP contribution >= 0.6 is 11.3 Å². The molecule has 1 fully saturated rings. The summed E-state index contributed by atoms with van der Waals surface area (Å²) < 4.78 is 5.35. The second-order valence-electron chi connectivity index (χ2n) is 6.95. The summed E-state index contributed by atoms with van der Waals surface area (Å²) in [4.78, 5) is 27.8. The highest BCUT2D eigenvalue weighted by Gasteiger charge is 2.30. The van der Waals surface area contributed by atoms with Crippen molar-refractivity contribution in [2.24, 2.45) is 5.92 Å². The van der Waals surface area contributed by atoms with Crippen molar-refractivity contribution in [2.45, 2.75) is 25.8 Å². The Balaban J connectivity index is 1.35. The molecule has 0 atom stereocenters. The van der Waals surface area contributed by atoms with Gasteiger partial charge >= 0.3 is 0 Å². The van der Waals surface area contributed by atoms with Gasteiger partial charge in [-0.3, -0.25) is 4.79 Å². The molecule has 9 heteroatoms. The minimum atomic E-state index is -0.0457. The molecule has 0 spiro atoms. The number of aromatic nitrogens is 3. The normalized spacial score (nSPS) is 19.5. The Morgan fingerprint density at radius 1 is 1.38 bits per heavy atom. The number of fused-ring (bicyclic) bond motifs is 1. The molecular formula is C17H26N6O2S. The van der Waals surface area contributed by atoms with Crippen LogP contribution in [-0.2, 0) is 9.53 Å². The first-order valence-electron chi connectivity index (χ1n) is 8.85. The first-order chi connectivity index (χ1) is 12.5. The number of nitrogens with zero attached hydrogens (tertiary/aromatic N) is 4. The van der Waals surface area contributed by atoms with E-state index in [0.29, 0.717) is 25.1 Å². The second kappa shape index (κ2) is 8.70. The molecule has 2 N–H and O–H groups in total. The van der Waals surface area contributed by atoms with Crippen LogP contribution in [0, 0.1) is 12.8 Å². The van der Waals surface area contributed by atoms with Crippen LogP contribution in [0.25, 0.3) is 10.3 Å². The Labute approximate surface area is 157 Å². The lowest BCUT2D eigenvalue weighted by molar-refractivity contribution is -0.126. The van der Waals surface area contributed by atoms with Gasteiger partial charge in [0.25, 0.3) is 0 Å². The molecule has 0 saturated heterocycles. The fourth-order valence-corrected chi connectivity index (χ4v) is 3.65. The van der Waals surface area contributed by atoms with Gasteiger partial charge in [0, 0.05) is 19.1 Å². The highest BCUT2D eigenvalue weighted by atomic mass is 32.1. The Kier molecular flexibility index (Phi) is 6.33. The third-order valence-electron chi connectivity index (χ3n) is 4.38. The number of likely N-dealkylation sites (N-methyl/N-ethyl adjacent to an activating group) is 1. The molecule has 2 aromatic rings. The van der Waals surface area contributed by atoms with Gasteiger partial charge in [-0.25, -0.2) is 15.0 Å². The predicted octanol–water partition coefficient (Wildman–Crippen LogP) is 1.28. The van der Waals surface area contributed by atoms with Crippen LogP contribution in [0.1, 0.15) is 17.8 Å². The van der Waals surface area contributed by atoms with Crippen LogP contribution in [0.2, 0.25) is 0 Å². The zero-order valence-corrected chi connectivity index (χ0v) is 16.3. The number of rotatable bonds is 9. The van der Waals surface area contributed by atoms with Crippen LogP contribution < -0.4 is 10.6 Å². The van der Waals surface area contributed by atoms with Crippen LogP contribution in [-0.4, -0.2) is 72.2 Å². The van der Waals surface area contributed by atoms with Gasteiger partial charge in [0.05, 0.1) is 11.6 Å². The highest BCUT2D eigenvalue weighted by molar-refractivity contribution is 7.18. The van der Waals surface area contributed by atoms with Gasteiger partial charge in [-0.2, -0.15) is 0 Å². The van der Waals surface area contributed by atoms with E-state index in [0.717, 1.165) is 40.6 Å². The van der Waals surface area contributed by atoms with Gasteiger partial charge in [0.15, 0.2) is 5.82 Å². The maximum Gasteiger partial charge on any atom is 0.246 e. The number of aryl methyl sites for hydroxylation is 1. The van der Waals surface area contributed by atoms with Crippen molar-refractivity contribution in [3.8, 4) is 0 Å². The average Bonchev–Trinajstić information content (AvgIpc) is 2.94. The topological polar surface area (TPSA) is 92.3 Å². The summed E-state index contributed by atoms with van der Waals surface area (Å²) >= 11 is 1.58. The molecule has 0 unspecified atom stereocenters. The summed E-state index contributed by atoms with van der Waals surface area (Å²) in [7, 11) is 3.96. The van der Waals surface area contributed by atoms with Crippen molar-refractivity contribution in [2.75, 3.05) is 45.7 Å². The van der Waals surface area contributed by atoms with Gasteiger partial charge in [0.1, 0.15) is 23.3 Å². The van der Waals surface area contributed by atoms with Crippen LogP contribution in [0.15, 0.2) is 6.33 Å². The maximum atomic E-state index is 11.8. The molecule has 1 aliphatic rings. The Bertz CT molecular complexity index is 744. The fraction of sp³-hybridized carbons (Fsp3) is 0.647. The number of nitrogens with one attached hydrogen (secondary N) is 2. The van der Waals surface area contributed by atoms with E-state index in [1.165, 1.54) is 0 Å². The molecule has 0 bridgehead atoms. The number of amides is 1. The Morgan fingerprint density at radius 3 is 2.96 bits per heavy atom. The number of ether oxygens (including phenoxy) is 1. The van der Waals surface area contributed by atoms with Gasteiger partial charge in [-0.05, 0) is 39.8 Å². The molecule has 2 heterocycles. The first-order valence-corrected chi connectivity index (χ1v) is 9.66. The number of carbonyl (C=O) groups excluding carboxylic acids is 1. The third-order valence-corrected chi connectivity index (χ3v) is 5.26. The van der Waals surface area contributed by atoms with E-state index in [4.69, 9.17) is 4.74 Å². The third kappa shape index (κ3) is 5.09. The van der Waals surface area contributed by atoms with Crippen molar-refractivity contribution < 1.29 is 9.53 Å². The molecule has 2 aromatic heterocycles. The predicted molar refractivity (Wildman–Crippen MR) is 102 cm³/mol. The summed E-state index contributed by atoms with van der Waals surface area (Å²) in [5.41, 5.74) is 0.849. The van der Waals surface area contributed by atoms with Gasteiger partial charge in [0.2, 0.25) is 5.91 Å². The number of anilines is 1. The number of hydrogen-bond acceptors (Lipinski definition) is 8. The van der Waals surface area contributed by atoms with Crippen molar-refractivity contribution in [3.63, 3.8) is 0 Å². The van der Waals surface area contributed by atoms with Gasteiger partial charge < -0.3 is 20.3 Å². The number of hydrogen-bond donors (Lipinski definition) is 2. The summed E-state index contributed by atoms with van der Waals surface area (Å²) in [6, 6.07) is 0.369. The molecule has 0 aromatic carbocycles. The maximum absolute atomic E-state index is 11.8. The molecule has 1 saturated carbocycles. The quantitative estimate of drug-likeness (QED) is 0.635. The molecular weight excluding hydrogens is 352 g/mol. The van der Waals surface area contributed by atoms with Crippen LogP contribution in [0.4, 0.5) is 5.82 Å². The lowest BCUT2D eigenvalue weighted by Crippen LogP contribution is -2.43. The molecule has 0 aliphatic heterocycles. The van der Waals surface area contributed by atoms with Crippen molar-refractivity contribution in [1.29, 1.82) is 0 Å². The van der Waals surface area contributed by atoms with E-state index in [2.05, 4.69) is 25.6 Å². The van der Waals surface area contributed by atoms with E-state index >= 15 is 0 Å². The van der Waals surface area contributed by atoms with Gasteiger partial charge in [-0.15, -0.1) is 0 Å². The van der Waals surface area contributed by atoms with E-state index in [1.54, 1.807) is 17.7 Å². The highest BCUT2D eigenvalue weighted by Crippen LogP contribution is 2.31. The molecule has 26 heavy (non-hydrogen) atoms. The van der Waals surface area contributed by atoms with Crippen molar-refractivity contribution in [1.82, 2.24) is 25.2 Å². The molecule has 0 radical (unpaired) electrons. The minimum absolute atomic E-state index is 0.0457. The van der Waals surface area contributed by atoms with Crippen LogP contribution in [0.5, 0.6) is 0 Å². The van der Waals surface area contributed by atoms with E-state index < -0.39 is 0 Å². The molecule has 3 rings (SSSR count). The number of thiazole rings is 1. The minimum Gasteiger partial charge on any atom is -0.370 e. The SMILES string of the molecule is Cc1nc2c(NC3CC(CNC(=O)COCCN(C)C)C3)ncnc2s1. The second-order valence-corrected chi connectivity index (χ2v) is 8.13. The van der Waals surface area contributed by atoms with Gasteiger partial charge in [-0.1, -0.05) is 11.3 Å². The zero-order valence-electron chi connectivity index (χ0n) is 15.5. The summed E-state index contributed by atoms with van der Waals surface area (Å²) in [5, 5.41) is 7.40. The summed E-state index contributed by atoms with van der Waals surface area (Å²) in [6.45, 7) is 4.19. The summed E-state index contributed by atoms with van der Waals surface area (Å²) in [5.74, 6) is 1.25. The average molecular weight is 379 g/mol. The van der Waals surface area contributed by atoms with E-state index in [-0.39, 0.29) is 12.5 Å². The lowest BCUT2D eigenvalue weighted by Gasteiger charge is -2.36. The lowest BCUT2D eigenvalue weighted by atomic mass is 9.80. The Hall–Kier alpha value is -1.84.